The number of hydrogen-bond acceptors (Lipinski definition) is 1. The molecule has 0 saturated carbocycles. The zero-order valence-electron chi connectivity index (χ0n) is 8.48. The first-order valence-electron chi connectivity index (χ1n) is 4.69. The third kappa shape index (κ3) is 2.28. The first kappa shape index (κ1) is 12.3. The summed E-state index contributed by atoms with van der Waals surface area (Å²) in [5.41, 5.74) is 5.54. The van der Waals surface area contributed by atoms with Crippen molar-refractivity contribution >= 4 is 33.2 Å². The van der Waals surface area contributed by atoms with Crippen molar-refractivity contribution in [3.05, 3.63) is 51.5 Å². The molecule has 0 aliphatic rings. The van der Waals surface area contributed by atoms with Crippen LogP contribution in [0, 0.1) is 11.6 Å². The van der Waals surface area contributed by atoms with Gasteiger partial charge in [-0.1, -0.05) is 33.6 Å². The highest BCUT2D eigenvalue weighted by molar-refractivity contribution is 9.10. The van der Waals surface area contributed by atoms with Gasteiger partial charge in [0.25, 0.3) is 0 Å². The van der Waals surface area contributed by atoms with E-state index in [9.17, 15) is 8.78 Å². The Balaban J connectivity index is 2.73. The monoisotopic (exact) mass is 317 g/mol. The van der Waals surface area contributed by atoms with E-state index in [4.69, 9.17) is 17.3 Å². The minimum absolute atomic E-state index is 0.0779. The molecular formula is C12H7BrClF2N. The van der Waals surface area contributed by atoms with Crippen molar-refractivity contribution in [1.82, 2.24) is 0 Å². The number of nitrogen functional groups attached to an aromatic ring is 1. The van der Waals surface area contributed by atoms with Gasteiger partial charge in [-0.2, -0.15) is 0 Å². The molecule has 17 heavy (non-hydrogen) atoms. The topological polar surface area (TPSA) is 26.0 Å². The molecule has 2 rings (SSSR count). The second-order valence-electron chi connectivity index (χ2n) is 3.45. The van der Waals surface area contributed by atoms with Crippen LogP contribution in [-0.2, 0) is 0 Å². The highest BCUT2D eigenvalue weighted by Crippen LogP contribution is 2.37. The highest BCUT2D eigenvalue weighted by atomic mass is 79.9. The summed E-state index contributed by atoms with van der Waals surface area (Å²) in [6.45, 7) is 0. The molecule has 0 spiro atoms. The van der Waals surface area contributed by atoms with Gasteiger partial charge in [0.05, 0.1) is 5.69 Å². The average molecular weight is 319 g/mol. The van der Waals surface area contributed by atoms with Crippen LogP contribution >= 0.6 is 27.5 Å². The van der Waals surface area contributed by atoms with Gasteiger partial charge in [0.15, 0.2) is 0 Å². The predicted molar refractivity (Wildman–Crippen MR) is 68.9 cm³/mol. The molecular weight excluding hydrogens is 311 g/mol. The van der Waals surface area contributed by atoms with E-state index in [0.29, 0.717) is 15.1 Å². The van der Waals surface area contributed by atoms with E-state index < -0.39 is 11.6 Å². The third-order valence-corrected chi connectivity index (χ3v) is 3.29. The molecule has 0 saturated heterocycles. The van der Waals surface area contributed by atoms with Gasteiger partial charge >= 0.3 is 0 Å². The Morgan fingerprint density at radius 1 is 1.12 bits per heavy atom. The minimum atomic E-state index is -0.673. The molecule has 0 aliphatic heterocycles. The maximum atomic E-state index is 13.8. The molecule has 0 aliphatic carbocycles. The lowest BCUT2D eigenvalue weighted by Crippen LogP contribution is -1.95. The van der Waals surface area contributed by atoms with E-state index in [2.05, 4.69) is 15.9 Å². The van der Waals surface area contributed by atoms with Crippen molar-refractivity contribution in [2.45, 2.75) is 0 Å². The van der Waals surface area contributed by atoms with Crippen molar-refractivity contribution in [3.63, 3.8) is 0 Å². The van der Waals surface area contributed by atoms with E-state index in [0.717, 1.165) is 12.1 Å². The maximum Gasteiger partial charge on any atom is 0.146 e. The van der Waals surface area contributed by atoms with Crippen LogP contribution < -0.4 is 5.73 Å². The van der Waals surface area contributed by atoms with Gasteiger partial charge in [-0.05, 0) is 18.2 Å². The summed E-state index contributed by atoms with van der Waals surface area (Å²) >= 11 is 9.23. The molecule has 0 amide bonds. The van der Waals surface area contributed by atoms with Crippen molar-refractivity contribution in [2.75, 3.05) is 5.73 Å². The first-order chi connectivity index (χ1) is 8.00. The smallest absolute Gasteiger partial charge is 0.146 e. The number of benzene rings is 2. The van der Waals surface area contributed by atoms with Crippen LogP contribution in [0.2, 0.25) is 5.02 Å². The second kappa shape index (κ2) is 4.63. The van der Waals surface area contributed by atoms with Crippen molar-refractivity contribution in [3.8, 4) is 11.1 Å². The Kier molecular flexibility index (Phi) is 3.35. The van der Waals surface area contributed by atoms with Gasteiger partial charge in [0, 0.05) is 26.7 Å². The Bertz CT molecular complexity index is 567. The minimum Gasteiger partial charge on any atom is -0.396 e. The Morgan fingerprint density at radius 3 is 2.47 bits per heavy atom. The Morgan fingerprint density at radius 2 is 1.82 bits per heavy atom. The zero-order chi connectivity index (χ0) is 12.6. The van der Waals surface area contributed by atoms with E-state index in [1.54, 1.807) is 18.2 Å². The normalized spacial score (nSPS) is 10.6. The summed E-state index contributed by atoms with van der Waals surface area (Å²) in [5, 5.41) is 0.336. The number of hydrogen-bond donors (Lipinski definition) is 1. The van der Waals surface area contributed by atoms with Crippen LogP contribution in [0.4, 0.5) is 14.5 Å². The Labute approximate surface area is 110 Å². The molecule has 1 nitrogen and oxygen atoms in total. The fourth-order valence-electron chi connectivity index (χ4n) is 1.51. The van der Waals surface area contributed by atoms with Crippen LogP contribution in [0.3, 0.4) is 0 Å². The molecule has 0 radical (unpaired) electrons. The van der Waals surface area contributed by atoms with Crippen LogP contribution in [-0.4, -0.2) is 0 Å². The van der Waals surface area contributed by atoms with E-state index in [1.807, 2.05) is 0 Å². The van der Waals surface area contributed by atoms with Crippen LogP contribution in [0.25, 0.3) is 11.1 Å². The summed E-state index contributed by atoms with van der Waals surface area (Å²) < 4.78 is 27.7. The zero-order valence-corrected chi connectivity index (χ0v) is 10.8. The van der Waals surface area contributed by atoms with Crippen molar-refractivity contribution in [2.24, 2.45) is 0 Å². The van der Waals surface area contributed by atoms with E-state index in [1.165, 1.54) is 0 Å². The lowest BCUT2D eigenvalue weighted by Gasteiger charge is -2.09. The number of anilines is 1. The standard InChI is InChI=1S/C12H7BrClF2N/c13-7-2-1-3-8(14)12(7)6-4-10(16)11(17)5-9(6)15/h1-5H,17H2. The van der Waals surface area contributed by atoms with E-state index in [-0.39, 0.29) is 11.3 Å². The van der Waals surface area contributed by atoms with E-state index >= 15 is 0 Å². The third-order valence-electron chi connectivity index (χ3n) is 2.32. The van der Waals surface area contributed by atoms with Crippen LogP contribution in [0.5, 0.6) is 0 Å². The number of halogens is 4. The van der Waals surface area contributed by atoms with Gasteiger partial charge in [-0.3, -0.25) is 0 Å². The average Bonchev–Trinajstić information content (AvgIpc) is 2.25. The molecule has 0 bridgehead atoms. The number of nitrogens with two attached hydrogens (primary N) is 1. The molecule has 0 atom stereocenters. The second-order valence-corrected chi connectivity index (χ2v) is 4.71. The van der Waals surface area contributed by atoms with Gasteiger partial charge in [-0.15, -0.1) is 0 Å². The fourth-order valence-corrected chi connectivity index (χ4v) is 2.48. The first-order valence-corrected chi connectivity index (χ1v) is 5.86. The molecule has 0 unspecified atom stereocenters. The summed E-state index contributed by atoms with van der Waals surface area (Å²) in [7, 11) is 0. The molecule has 2 N–H and O–H groups in total. The molecule has 5 heteroatoms. The molecule has 2 aromatic carbocycles. The SMILES string of the molecule is Nc1cc(F)c(-c2c(Cl)cccc2Br)cc1F. The maximum absolute atomic E-state index is 13.8. The molecule has 0 fully saturated rings. The van der Waals surface area contributed by atoms with Gasteiger partial charge in [-0.25, -0.2) is 8.78 Å². The van der Waals surface area contributed by atoms with Gasteiger partial charge in [0.2, 0.25) is 0 Å². The van der Waals surface area contributed by atoms with Crippen LogP contribution in [0.15, 0.2) is 34.8 Å². The van der Waals surface area contributed by atoms with Crippen LogP contribution in [0.1, 0.15) is 0 Å². The quantitative estimate of drug-likeness (QED) is 0.762. The summed E-state index contributed by atoms with van der Waals surface area (Å²) in [4.78, 5) is 0. The summed E-state index contributed by atoms with van der Waals surface area (Å²) in [6.07, 6.45) is 0. The molecule has 88 valence electrons. The highest BCUT2D eigenvalue weighted by Gasteiger charge is 2.15. The Hall–Kier alpha value is -1.13. The largest absolute Gasteiger partial charge is 0.396 e. The fraction of sp³-hybridized carbons (Fsp3) is 0. The predicted octanol–water partition coefficient (Wildman–Crippen LogP) is 4.63. The molecule has 2 aromatic rings. The molecule has 0 aromatic heterocycles. The van der Waals surface area contributed by atoms with Gasteiger partial charge < -0.3 is 5.73 Å². The molecule has 0 heterocycles. The lowest BCUT2D eigenvalue weighted by molar-refractivity contribution is 0.607. The van der Waals surface area contributed by atoms with Gasteiger partial charge in [0.1, 0.15) is 11.6 Å². The number of rotatable bonds is 1. The summed E-state index contributed by atoms with van der Waals surface area (Å²) in [5.74, 6) is -1.29. The van der Waals surface area contributed by atoms with Crippen molar-refractivity contribution < 1.29 is 8.78 Å². The lowest BCUT2D eigenvalue weighted by atomic mass is 10.0. The summed E-state index contributed by atoms with van der Waals surface area (Å²) in [6, 6.07) is 7.00. The van der Waals surface area contributed by atoms with Crippen molar-refractivity contribution in [1.29, 1.82) is 0 Å².